The number of pyridine rings is 2. The molecule has 3 aromatic carbocycles. The van der Waals surface area contributed by atoms with Crippen molar-refractivity contribution in [1.29, 1.82) is 0 Å². The van der Waals surface area contributed by atoms with Gasteiger partial charge in [-0.1, -0.05) is 84.9 Å². The molecule has 0 atom stereocenters. The molecule has 0 N–H and O–H groups in total. The van der Waals surface area contributed by atoms with Crippen molar-refractivity contribution in [2.75, 3.05) is 0 Å². The topological polar surface area (TPSA) is 25.8 Å². The summed E-state index contributed by atoms with van der Waals surface area (Å²) < 4.78 is 0. The number of hydrogen-bond donors (Lipinski definition) is 0. The summed E-state index contributed by atoms with van der Waals surface area (Å²) in [5.74, 6) is 0. The molecule has 0 amide bonds. The van der Waals surface area contributed by atoms with Crippen LogP contribution >= 0.6 is 0 Å². The molecule has 0 aliphatic heterocycles. The molecule has 0 aliphatic carbocycles. The molecule has 5 rings (SSSR count). The van der Waals surface area contributed by atoms with Crippen LogP contribution in [0.4, 0.5) is 0 Å². The van der Waals surface area contributed by atoms with Gasteiger partial charge in [-0.15, -0.1) is 0 Å². The van der Waals surface area contributed by atoms with Crippen molar-refractivity contribution in [2.24, 2.45) is 0 Å². The first kappa shape index (κ1) is 16.4. The molecule has 2 heteroatoms. The lowest BCUT2D eigenvalue weighted by atomic mass is 10.0. The molecule has 0 saturated heterocycles. The van der Waals surface area contributed by atoms with Crippen molar-refractivity contribution in [2.45, 2.75) is 0 Å². The fourth-order valence-electron chi connectivity index (χ4n) is 3.51. The summed E-state index contributed by atoms with van der Waals surface area (Å²) in [7, 11) is 0. The van der Waals surface area contributed by atoms with Crippen molar-refractivity contribution in [3.8, 4) is 33.6 Å². The van der Waals surface area contributed by atoms with Gasteiger partial charge in [-0.2, -0.15) is 0 Å². The fourth-order valence-corrected chi connectivity index (χ4v) is 3.51. The summed E-state index contributed by atoms with van der Waals surface area (Å²) in [5.41, 5.74) is 6.51. The minimum atomic E-state index is 0.987. The van der Waals surface area contributed by atoms with E-state index in [2.05, 4.69) is 82.8 Å². The van der Waals surface area contributed by atoms with Crippen LogP contribution in [0.5, 0.6) is 0 Å². The maximum atomic E-state index is 4.63. The summed E-state index contributed by atoms with van der Waals surface area (Å²) in [5, 5.41) is 2.38. The van der Waals surface area contributed by atoms with Gasteiger partial charge in [0.15, 0.2) is 0 Å². The van der Waals surface area contributed by atoms with Crippen LogP contribution in [0, 0.1) is 0 Å². The summed E-state index contributed by atoms with van der Waals surface area (Å²) in [6, 6.07) is 33.4. The average Bonchev–Trinajstić information content (AvgIpc) is 2.80. The Morgan fingerprint density at radius 1 is 0.464 bits per heavy atom. The zero-order chi connectivity index (χ0) is 18.8. The number of nitrogens with zero attached hydrogens (tertiary/aromatic N) is 2. The highest BCUT2D eigenvalue weighted by Crippen LogP contribution is 2.29. The van der Waals surface area contributed by atoms with Crippen LogP contribution in [-0.4, -0.2) is 9.97 Å². The van der Waals surface area contributed by atoms with Crippen LogP contribution in [0.2, 0.25) is 0 Å². The highest BCUT2D eigenvalue weighted by molar-refractivity contribution is 5.94. The minimum absolute atomic E-state index is 0.987. The second-order valence-electron chi connectivity index (χ2n) is 6.76. The first-order valence-corrected chi connectivity index (χ1v) is 9.34. The van der Waals surface area contributed by atoms with Crippen molar-refractivity contribution >= 4 is 10.8 Å². The third-order valence-electron chi connectivity index (χ3n) is 5.00. The molecule has 5 aromatic rings. The standard InChI is InChI=1S/C26H18N2/c1-2-7-21(8-3-1)25-15-14-23(18-28-25)19-10-12-22(13-11-19)26-24-9-5-4-6-20(24)16-17-27-26/h1-18H. The zero-order valence-electron chi connectivity index (χ0n) is 15.3. The summed E-state index contributed by atoms with van der Waals surface area (Å²) in [4.78, 5) is 9.25. The molecular weight excluding hydrogens is 340 g/mol. The van der Waals surface area contributed by atoms with Gasteiger partial charge in [0, 0.05) is 34.5 Å². The Kier molecular flexibility index (Phi) is 4.15. The van der Waals surface area contributed by atoms with Crippen LogP contribution in [-0.2, 0) is 0 Å². The number of rotatable bonds is 3. The molecule has 0 bridgehead atoms. The van der Waals surface area contributed by atoms with Gasteiger partial charge in [0.05, 0.1) is 11.4 Å². The zero-order valence-corrected chi connectivity index (χ0v) is 15.3. The lowest BCUT2D eigenvalue weighted by Crippen LogP contribution is -1.87. The molecule has 2 nitrogen and oxygen atoms in total. The van der Waals surface area contributed by atoms with E-state index in [9.17, 15) is 0 Å². The molecular formula is C26H18N2. The predicted molar refractivity (Wildman–Crippen MR) is 116 cm³/mol. The third kappa shape index (κ3) is 3.06. The van der Waals surface area contributed by atoms with Crippen molar-refractivity contribution in [3.05, 3.63) is 109 Å². The number of hydrogen-bond acceptors (Lipinski definition) is 2. The Balaban J connectivity index is 1.47. The Bertz CT molecular complexity index is 1220. The fraction of sp³-hybridized carbons (Fsp3) is 0. The maximum Gasteiger partial charge on any atom is 0.0780 e. The first-order valence-electron chi connectivity index (χ1n) is 9.34. The third-order valence-corrected chi connectivity index (χ3v) is 5.00. The average molecular weight is 358 g/mol. The monoisotopic (exact) mass is 358 g/mol. The Labute approximate surface area is 164 Å². The molecule has 0 unspecified atom stereocenters. The molecule has 0 spiro atoms. The molecule has 2 heterocycles. The molecule has 28 heavy (non-hydrogen) atoms. The molecule has 2 aromatic heterocycles. The lowest BCUT2D eigenvalue weighted by molar-refractivity contribution is 1.32. The smallest absolute Gasteiger partial charge is 0.0780 e. The quantitative estimate of drug-likeness (QED) is 0.362. The van der Waals surface area contributed by atoms with Crippen LogP contribution in [0.25, 0.3) is 44.4 Å². The van der Waals surface area contributed by atoms with Crippen molar-refractivity contribution in [1.82, 2.24) is 9.97 Å². The summed E-state index contributed by atoms with van der Waals surface area (Å²) in [6.07, 6.45) is 3.81. The molecule has 0 fully saturated rings. The second kappa shape index (κ2) is 7.09. The molecule has 0 aliphatic rings. The van der Waals surface area contributed by atoms with Crippen LogP contribution in [0.3, 0.4) is 0 Å². The van der Waals surface area contributed by atoms with E-state index in [1.165, 1.54) is 10.8 Å². The van der Waals surface area contributed by atoms with Crippen LogP contribution < -0.4 is 0 Å². The van der Waals surface area contributed by atoms with Gasteiger partial charge in [0.1, 0.15) is 0 Å². The van der Waals surface area contributed by atoms with Crippen molar-refractivity contribution < 1.29 is 0 Å². The summed E-state index contributed by atoms with van der Waals surface area (Å²) >= 11 is 0. The predicted octanol–water partition coefficient (Wildman–Crippen LogP) is 6.63. The Morgan fingerprint density at radius 3 is 1.96 bits per heavy atom. The maximum absolute atomic E-state index is 4.63. The van der Waals surface area contributed by atoms with E-state index in [1.807, 2.05) is 36.7 Å². The van der Waals surface area contributed by atoms with Crippen molar-refractivity contribution in [3.63, 3.8) is 0 Å². The van der Waals surface area contributed by atoms with E-state index in [0.29, 0.717) is 0 Å². The lowest BCUT2D eigenvalue weighted by Gasteiger charge is -2.08. The molecule has 0 radical (unpaired) electrons. The number of aromatic nitrogens is 2. The number of benzene rings is 3. The highest BCUT2D eigenvalue weighted by Gasteiger charge is 2.06. The van der Waals surface area contributed by atoms with E-state index >= 15 is 0 Å². The Hall–Kier alpha value is -3.78. The van der Waals surface area contributed by atoms with E-state index in [0.717, 1.165) is 33.6 Å². The summed E-state index contributed by atoms with van der Waals surface area (Å²) in [6.45, 7) is 0. The van der Waals surface area contributed by atoms with Gasteiger partial charge in [-0.25, -0.2) is 0 Å². The van der Waals surface area contributed by atoms with Crippen LogP contribution in [0.15, 0.2) is 109 Å². The SMILES string of the molecule is c1ccc(-c2ccc(-c3ccc(-c4nccc5ccccc45)cc3)cn2)cc1. The molecule has 0 saturated carbocycles. The van der Waals surface area contributed by atoms with Crippen LogP contribution in [0.1, 0.15) is 0 Å². The molecule has 132 valence electrons. The highest BCUT2D eigenvalue weighted by atomic mass is 14.7. The van der Waals surface area contributed by atoms with Gasteiger partial charge >= 0.3 is 0 Å². The van der Waals surface area contributed by atoms with Gasteiger partial charge in [-0.3, -0.25) is 9.97 Å². The minimum Gasteiger partial charge on any atom is -0.256 e. The normalized spacial score (nSPS) is 10.9. The number of fused-ring (bicyclic) bond motifs is 1. The van der Waals surface area contributed by atoms with Gasteiger partial charge in [0.25, 0.3) is 0 Å². The largest absolute Gasteiger partial charge is 0.256 e. The Morgan fingerprint density at radius 2 is 1.18 bits per heavy atom. The van der Waals surface area contributed by atoms with E-state index in [1.54, 1.807) is 0 Å². The van der Waals surface area contributed by atoms with E-state index < -0.39 is 0 Å². The second-order valence-corrected chi connectivity index (χ2v) is 6.76. The first-order chi connectivity index (χ1) is 13.9. The van der Waals surface area contributed by atoms with Gasteiger partial charge in [-0.05, 0) is 23.1 Å². The van der Waals surface area contributed by atoms with E-state index in [-0.39, 0.29) is 0 Å². The van der Waals surface area contributed by atoms with Gasteiger partial charge in [0.2, 0.25) is 0 Å². The van der Waals surface area contributed by atoms with Gasteiger partial charge < -0.3 is 0 Å². The van der Waals surface area contributed by atoms with E-state index in [4.69, 9.17) is 0 Å².